The fraction of sp³-hybridized carbons (Fsp3) is 0.333. The van der Waals surface area contributed by atoms with E-state index in [4.69, 9.17) is 9.47 Å². The highest BCUT2D eigenvalue weighted by atomic mass is 28.3. The molecule has 0 radical (unpaired) electrons. The number of benzene rings is 1. The molecule has 1 aromatic carbocycles. The third kappa shape index (κ3) is 5.20. The smallest absolute Gasteiger partial charge is 0.168 e. The summed E-state index contributed by atoms with van der Waals surface area (Å²) >= 11 is 0. The van der Waals surface area contributed by atoms with Crippen LogP contribution in [0.15, 0.2) is 49.1 Å². The zero-order valence-electron chi connectivity index (χ0n) is 19.5. The summed E-state index contributed by atoms with van der Waals surface area (Å²) in [7, 11) is 0.498. The Kier molecular flexibility index (Phi) is 6.71. The van der Waals surface area contributed by atoms with E-state index in [0.717, 1.165) is 41.3 Å². The predicted molar refractivity (Wildman–Crippen MR) is 130 cm³/mol. The Balaban J connectivity index is 1.58. The minimum absolute atomic E-state index is 0.432. The molecule has 172 valence electrons. The topological polar surface area (TPSA) is 84.1 Å². The maximum atomic E-state index is 12.0. The Morgan fingerprint density at radius 3 is 2.58 bits per heavy atom. The standard InChI is InChI=1S/C24H29N5O3Si/c1-31-19-7-5-18(6-8-19)14-29-22(15-30)21(13-27-29)23-20-9-10-28(24(20)26-16-25-23)17-32-11-12-33(2,3)4/h5-10,13,15-16H,11-12,14,17H2,1-4H3. The minimum Gasteiger partial charge on any atom is -0.497 e. The van der Waals surface area contributed by atoms with Crippen molar-refractivity contribution in [2.24, 2.45) is 0 Å². The third-order valence-corrected chi connectivity index (χ3v) is 7.23. The highest BCUT2D eigenvalue weighted by Gasteiger charge is 2.18. The van der Waals surface area contributed by atoms with Crippen LogP contribution in [0.2, 0.25) is 25.7 Å². The van der Waals surface area contributed by atoms with Gasteiger partial charge in [-0.1, -0.05) is 31.8 Å². The second-order valence-electron chi connectivity index (χ2n) is 9.16. The molecule has 0 N–H and O–H groups in total. The van der Waals surface area contributed by atoms with Crippen LogP contribution in [0.5, 0.6) is 5.75 Å². The maximum Gasteiger partial charge on any atom is 0.168 e. The summed E-state index contributed by atoms with van der Waals surface area (Å²) in [6, 6.07) is 10.8. The average molecular weight is 464 g/mol. The highest BCUT2D eigenvalue weighted by molar-refractivity contribution is 6.76. The van der Waals surface area contributed by atoms with Crippen LogP contribution in [0, 0.1) is 0 Å². The average Bonchev–Trinajstić information content (AvgIpc) is 3.40. The molecule has 4 rings (SSSR count). The number of methoxy groups -OCH3 is 1. The highest BCUT2D eigenvalue weighted by Crippen LogP contribution is 2.28. The molecule has 0 unspecified atom stereocenters. The van der Waals surface area contributed by atoms with Gasteiger partial charge in [0.2, 0.25) is 0 Å². The second-order valence-corrected chi connectivity index (χ2v) is 14.8. The van der Waals surface area contributed by atoms with Gasteiger partial charge in [-0.3, -0.25) is 9.48 Å². The molecule has 0 aliphatic carbocycles. The number of fused-ring (bicyclic) bond motifs is 1. The van der Waals surface area contributed by atoms with Gasteiger partial charge in [-0.2, -0.15) is 5.10 Å². The van der Waals surface area contributed by atoms with Crippen molar-refractivity contribution < 1.29 is 14.3 Å². The van der Waals surface area contributed by atoms with E-state index in [2.05, 4.69) is 34.7 Å². The SMILES string of the molecule is COc1ccc(Cn2ncc(-c3ncnc4c3ccn4COCC[Si](C)(C)C)c2C=O)cc1. The van der Waals surface area contributed by atoms with Gasteiger partial charge >= 0.3 is 0 Å². The van der Waals surface area contributed by atoms with E-state index in [-0.39, 0.29) is 0 Å². The first-order chi connectivity index (χ1) is 15.9. The summed E-state index contributed by atoms with van der Waals surface area (Å²) in [6.07, 6.45) is 5.98. The van der Waals surface area contributed by atoms with Gasteiger partial charge in [0.1, 0.15) is 30.1 Å². The van der Waals surface area contributed by atoms with Crippen LogP contribution in [0.3, 0.4) is 0 Å². The van der Waals surface area contributed by atoms with Crippen molar-refractivity contribution in [1.82, 2.24) is 24.3 Å². The predicted octanol–water partition coefficient (Wildman–Crippen LogP) is 4.48. The minimum atomic E-state index is -1.14. The second kappa shape index (κ2) is 9.68. The first kappa shape index (κ1) is 22.9. The number of carbonyl (C=O) groups excluding carboxylic acids is 1. The van der Waals surface area contributed by atoms with Gasteiger partial charge in [0.25, 0.3) is 0 Å². The number of aldehydes is 1. The Morgan fingerprint density at radius 1 is 1.09 bits per heavy atom. The normalized spacial score (nSPS) is 11.8. The lowest BCUT2D eigenvalue weighted by molar-refractivity contribution is 0.0899. The lowest BCUT2D eigenvalue weighted by Gasteiger charge is -2.15. The molecule has 0 saturated heterocycles. The lowest BCUT2D eigenvalue weighted by atomic mass is 10.1. The number of nitrogens with zero attached hydrogens (tertiary/aromatic N) is 5. The molecule has 33 heavy (non-hydrogen) atoms. The zero-order chi connectivity index (χ0) is 23.4. The number of rotatable bonds is 10. The number of ether oxygens (including phenoxy) is 2. The van der Waals surface area contributed by atoms with Gasteiger partial charge < -0.3 is 14.0 Å². The van der Waals surface area contributed by atoms with Crippen LogP contribution in [0.25, 0.3) is 22.3 Å². The fourth-order valence-electron chi connectivity index (χ4n) is 3.60. The molecule has 0 atom stereocenters. The molecule has 0 spiro atoms. The van der Waals surface area contributed by atoms with E-state index < -0.39 is 8.07 Å². The van der Waals surface area contributed by atoms with Crippen LogP contribution in [-0.2, 0) is 18.0 Å². The molecular formula is C24H29N5O3Si. The van der Waals surface area contributed by atoms with Crippen LogP contribution in [-0.4, -0.2) is 52.4 Å². The fourth-order valence-corrected chi connectivity index (χ4v) is 4.35. The first-order valence-corrected chi connectivity index (χ1v) is 14.6. The number of hydrogen-bond acceptors (Lipinski definition) is 6. The molecule has 4 aromatic rings. The van der Waals surface area contributed by atoms with Gasteiger partial charge in [0, 0.05) is 31.8 Å². The number of carbonyl (C=O) groups is 1. The van der Waals surface area contributed by atoms with Gasteiger partial charge in [-0.25, -0.2) is 9.97 Å². The van der Waals surface area contributed by atoms with Crippen LogP contribution < -0.4 is 4.74 Å². The van der Waals surface area contributed by atoms with E-state index in [9.17, 15) is 4.79 Å². The molecule has 8 nitrogen and oxygen atoms in total. The largest absolute Gasteiger partial charge is 0.497 e. The quantitative estimate of drug-likeness (QED) is 0.196. The maximum absolute atomic E-state index is 12.0. The van der Waals surface area contributed by atoms with Crippen molar-refractivity contribution in [1.29, 1.82) is 0 Å². The van der Waals surface area contributed by atoms with Crippen molar-refractivity contribution >= 4 is 25.4 Å². The van der Waals surface area contributed by atoms with Gasteiger partial charge in [0.05, 0.1) is 25.5 Å². The molecule has 0 fully saturated rings. The Morgan fingerprint density at radius 2 is 1.88 bits per heavy atom. The Labute approximate surface area is 194 Å². The summed E-state index contributed by atoms with van der Waals surface area (Å²) in [5, 5.41) is 5.32. The van der Waals surface area contributed by atoms with E-state index in [0.29, 0.717) is 30.2 Å². The lowest BCUT2D eigenvalue weighted by Crippen LogP contribution is -2.22. The van der Waals surface area contributed by atoms with Crippen molar-refractivity contribution in [2.45, 2.75) is 39.0 Å². The van der Waals surface area contributed by atoms with Gasteiger partial charge in [0.15, 0.2) is 6.29 Å². The molecule has 3 heterocycles. The molecule has 0 amide bonds. The summed E-state index contributed by atoms with van der Waals surface area (Å²) in [4.78, 5) is 21.0. The molecule has 3 aromatic heterocycles. The molecule has 9 heteroatoms. The summed E-state index contributed by atoms with van der Waals surface area (Å²) in [5.74, 6) is 0.785. The van der Waals surface area contributed by atoms with Crippen LogP contribution in [0.4, 0.5) is 0 Å². The van der Waals surface area contributed by atoms with Gasteiger partial charge in [-0.05, 0) is 29.8 Å². The zero-order valence-corrected chi connectivity index (χ0v) is 20.5. The Hall–Kier alpha value is -3.30. The monoisotopic (exact) mass is 463 g/mol. The molecule has 0 aliphatic rings. The van der Waals surface area contributed by atoms with E-state index >= 15 is 0 Å². The van der Waals surface area contributed by atoms with Crippen molar-refractivity contribution in [3.8, 4) is 17.0 Å². The van der Waals surface area contributed by atoms with E-state index in [1.807, 2.05) is 41.1 Å². The van der Waals surface area contributed by atoms with Crippen molar-refractivity contribution in [2.75, 3.05) is 13.7 Å². The number of aromatic nitrogens is 5. The summed E-state index contributed by atoms with van der Waals surface area (Å²) in [6.45, 7) is 8.64. The summed E-state index contributed by atoms with van der Waals surface area (Å²) < 4.78 is 14.8. The van der Waals surface area contributed by atoms with Crippen molar-refractivity contribution in [3.63, 3.8) is 0 Å². The van der Waals surface area contributed by atoms with Crippen LogP contribution >= 0.6 is 0 Å². The van der Waals surface area contributed by atoms with Gasteiger partial charge in [-0.15, -0.1) is 0 Å². The number of hydrogen-bond donors (Lipinski definition) is 0. The van der Waals surface area contributed by atoms with E-state index in [1.54, 1.807) is 18.0 Å². The van der Waals surface area contributed by atoms with Crippen LogP contribution in [0.1, 0.15) is 16.1 Å². The third-order valence-electron chi connectivity index (χ3n) is 5.52. The first-order valence-electron chi connectivity index (χ1n) is 10.9. The molecule has 0 bridgehead atoms. The molecular weight excluding hydrogens is 434 g/mol. The van der Waals surface area contributed by atoms with Crippen molar-refractivity contribution in [3.05, 3.63) is 60.3 Å². The molecule has 0 aliphatic heterocycles. The molecule has 0 saturated carbocycles. The summed E-state index contributed by atoms with van der Waals surface area (Å²) in [5.41, 5.74) is 3.63. The van der Waals surface area contributed by atoms with E-state index in [1.165, 1.54) is 6.33 Å². The Bertz CT molecular complexity index is 1240.